The van der Waals surface area contributed by atoms with E-state index in [0.29, 0.717) is 6.42 Å². The van der Waals surface area contributed by atoms with Gasteiger partial charge in [-0.15, -0.1) is 0 Å². The molecular formula is C17H20NOP. The first kappa shape index (κ1) is 14.7. The number of hydrogen-bond acceptors (Lipinski definition) is 1. The zero-order chi connectivity index (χ0) is 14.2. The van der Waals surface area contributed by atoms with E-state index in [2.05, 4.69) is 53.8 Å². The van der Waals surface area contributed by atoms with Gasteiger partial charge < -0.3 is 5.32 Å². The summed E-state index contributed by atoms with van der Waals surface area (Å²) in [6.45, 7) is 2.62. The first-order valence-electron chi connectivity index (χ1n) is 6.95. The Balaban J connectivity index is 2.11. The van der Waals surface area contributed by atoms with Gasteiger partial charge in [0.15, 0.2) is 0 Å². The van der Waals surface area contributed by atoms with Crippen molar-refractivity contribution in [2.24, 2.45) is 0 Å². The lowest BCUT2D eigenvalue weighted by Gasteiger charge is -2.18. The molecule has 0 heterocycles. The highest BCUT2D eigenvalue weighted by molar-refractivity contribution is 7.73. The van der Waals surface area contributed by atoms with Crippen molar-refractivity contribution in [1.82, 2.24) is 5.32 Å². The summed E-state index contributed by atoms with van der Waals surface area (Å²) in [5, 5.41) is 5.70. The van der Waals surface area contributed by atoms with Crippen LogP contribution in [-0.2, 0) is 4.79 Å². The summed E-state index contributed by atoms with van der Waals surface area (Å²) in [6, 6.07) is 21.1. The average molecular weight is 285 g/mol. The van der Waals surface area contributed by atoms with Gasteiger partial charge in [-0.2, -0.15) is 0 Å². The van der Waals surface area contributed by atoms with E-state index in [1.165, 1.54) is 10.6 Å². The molecule has 1 N–H and O–H groups in total. The SMILES string of the molecule is CCC(=O)NCCP(c1ccccc1)c1ccccc1. The first-order chi connectivity index (χ1) is 9.81. The number of benzene rings is 2. The van der Waals surface area contributed by atoms with Crippen molar-refractivity contribution >= 4 is 24.4 Å². The third-order valence-corrected chi connectivity index (χ3v) is 5.63. The lowest BCUT2D eigenvalue weighted by atomic mass is 10.4. The van der Waals surface area contributed by atoms with Gasteiger partial charge in [0.1, 0.15) is 0 Å². The maximum absolute atomic E-state index is 11.4. The van der Waals surface area contributed by atoms with Crippen LogP contribution in [0.25, 0.3) is 0 Å². The van der Waals surface area contributed by atoms with Gasteiger partial charge in [0, 0.05) is 13.0 Å². The normalized spacial score (nSPS) is 10.5. The molecule has 2 nitrogen and oxygen atoms in total. The summed E-state index contributed by atoms with van der Waals surface area (Å²) in [5.74, 6) is 0.126. The van der Waals surface area contributed by atoms with Crippen molar-refractivity contribution < 1.29 is 4.79 Å². The minimum atomic E-state index is -0.401. The molecule has 1 amide bonds. The van der Waals surface area contributed by atoms with Crippen molar-refractivity contribution in [3.05, 3.63) is 60.7 Å². The summed E-state index contributed by atoms with van der Waals surface area (Å²) < 4.78 is 0. The fourth-order valence-electron chi connectivity index (χ4n) is 2.06. The van der Waals surface area contributed by atoms with Crippen LogP contribution in [0.1, 0.15) is 13.3 Å². The van der Waals surface area contributed by atoms with E-state index in [-0.39, 0.29) is 5.91 Å². The molecule has 0 saturated heterocycles. The highest BCUT2D eigenvalue weighted by Crippen LogP contribution is 2.32. The number of hydrogen-bond donors (Lipinski definition) is 1. The van der Waals surface area contributed by atoms with Gasteiger partial charge in [0.05, 0.1) is 0 Å². The first-order valence-corrected chi connectivity index (χ1v) is 8.48. The van der Waals surface area contributed by atoms with E-state index < -0.39 is 7.92 Å². The Hall–Kier alpha value is -1.66. The van der Waals surface area contributed by atoms with Crippen LogP contribution in [0.4, 0.5) is 0 Å². The van der Waals surface area contributed by atoms with Crippen LogP contribution in [0.15, 0.2) is 60.7 Å². The lowest BCUT2D eigenvalue weighted by molar-refractivity contribution is -0.120. The smallest absolute Gasteiger partial charge is 0.219 e. The van der Waals surface area contributed by atoms with Crippen LogP contribution in [-0.4, -0.2) is 18.6 Å². The van der Waals surface area contributed by atoms with Crippen molar-refractivity contribution in [3.8, 4) is 0 Å². The summed E-state index contributed by atoms with van der Waals surface area (Å²) in [6.07, 6.45) is 1.53. The molecule has 0 spiro atoms. The zero-order valence-electron chi connectivity index (χ0n) is 11.8. The molecular weight excluding hydrogens is 265 g/mol. The Kier molecular flexibility index (Phi) is 5.76. The maximum atomic E-state index is 11.4. The quantitative estimate of drug-likeness (QED) is 0.812. The predicted molar refractivity (Wildman–Crippen MR) is 87.2 cm³/mol. The van der Waals surface area contributed by atoms with Crippen molar-refractivity contribution in [2.75, 3.05) is 12.7 Å². The summed E-state index contributed by atoms with van der Waals surface area (Å²) in [5.41, 5.74) is 0. The van der Waals surface area contributed by atoms with Crippen molar-refractivity contribution in [2.45, 2.75) is 13.3 Å². The van der Waals surface area contributed by atoms with Crippen LogP contribution < -0.4 is 15.9 Å². The minimum Gasteiger partial charge on any atom is -0.356 e. The molecule has 2 rings (SSSR count). The van der Waals surface area contributed by atoms with E-state index in [9.17, 15) is 4.79 Å². The molecule has 20 heavy (non-hydrogen) atoms. The van der Waals surface area contributed by atoms with Gasteiger partial charge in [0.25, 0.3) is 0 Å². The summed E-state index contributed by atoms with van der Waals surface area (Å²) in [7, 11) is -0.401. The number of amides is 1. The molecule has 0 unspecified atom stereocenters. The fourth-order valence-corrected chi connectivity index (χ4v) is 4.27. The Labute approximate surface area is 122 Å². The van der Waals surface area contributed by atoms with Crippen molar-refractivity contribution in [1.29, 1.82) is 0 Å². The molecule has 0 atom stereocenters. The topological polar surface area (TPSA) is 29.1 Å². The monoisotopic (exact) mass is 285 g/mol. The number of carbonyl (C=O) groups excluding carboxylic acids is 1. The Bertz CT molecular complexity index is 488. The number of rotatable bonds is 6. The number of carbonyl (C=O) groups is 1. The van der Waals surface area contributed by atoms with Crippen LogP contribution in [0.5, 0.6) is 0 Å². The van der Waals surface area contributed by atoms with Gasteiger partial charge in [0.2, 0.25) is 5.91 Å². The van der Waals surface area contributed by atoms with Crippen LogP contribution in [0.2, 0.25) is 0 Å². The third kappa shape index (κ3) is 4.18. The van der Waals surface area contributed by atoms with E-state index in [4.69, 9.17) is 0 Å². The molecule has 0 saturated carbocycles. The maximum Gasteiger partial charge on any atom is 0.219 e. The van der Waals surface area contributed by atoms with E-state index in [1.807, 2.05) is 19.1 Å². The van der Waals surface area contributed by atoms with Gasteiger partial charge >= 0.3 is 0 Å². The molecule has 0 aromatic heterocycles. The molecule has 0 aliphatic carbocycles. The minimum absolute atomic E-state index is 0.126. The van der Waals surface area contributed by atoms with E-state index in [1.54, 1.807) is 0 Å². The molecule has 0 radical (unpaired) electrons. The lowest BCUT2D eigenvalue weighted by Crippen LogP contribution is -2.27. The highest BCUT2D eigenvalue weighted by Gasteiger charge is 2.13. The average Bonchev–Trinajstić information content (AvgIpc) is 2.53. The van der Waals surface area contributed by atoms with Gasteiger partial charge in [-0.1, -0.05) is 67.6 Å². The number of nitrogens with one attached hydrogen (secondary N) is 1. The summed E-state index contributed by atoms with van der Waals surface area (Å²) in [4.78, 5) is 11.4. The van der Waals surface area contributed by atoms with Crippen LogP contribution in [0, 0.1) is 0 Å². The standard InChI is InChI=1S/C17H20NOP/c1-2-17(19)18-13-14-20(15-9-5-3-6-10-15)16-11-7-4-8-12-16/h3-12H,2,13-14H2,1H3,(H,18,19). The molecule has 2 aromatic rings. The fraction of sp³-hybridized carbons (Fsp3) is 0.235. The third-order valence-electron chi connectivity index (χ3n) is 3.11. The molecule has 3 heteroatoms. The second-order valence-electron chi connectivity index (χ2n) is 4.53. The summed E-state index contributed by atoms with van der Waals surface area (Å²) >= 11 is 0. The second-order valence-corrected chi connectivity index (χ2v) is 6.86. The Morgan fingerprint density at radius 1 is 0.950 bits per heavy atom. The second kappa shape index (κ2) is 7.81. The Morgan fingerprint density at radius 2 is 1.45 bits per heavy atom. The largest absolute Gasteiger partial charge is 0.356 e. The molecule has 104 valence electrons. The molecule has 0 fully saturated rings. The van der Waals surface area contributed by atoms with Crippen LogP contribution in [0.3, 0.4) is 0 Å². The van der Waals surface area contributed by atoms with Crippen LogP contribution >= 0.6 is 7.92 Å². The highest BCUT2D eigenvalue weighted by atomic mass is 31.1. The van der Waals surface area contributed by atoms with Crippen molar-refractivity contribution in [3.63, 3.8) is 0 Å². The molecule has 0 aliphatic rings. The Morgan fingerprint density at radius 3 is 1.90 bits per heavy atom. The molecule has 2 aromatic carbocycles. The van der Waals surface area contributed by atoms with E-state index in [0.717, 1.165) is 12.7 Å². The molecule has 0 bridgehead atoms. The predicted octanol–water partition coefficient (Wildman–Crippen LogP) is 2.65. The molecule has 0 aliphatic heterocycles. The van der Waals surface area contributed by atoms with Gasteiger partial charge in [-0.25, -0.2) is 0 Å². The van der Waals surface area contributed by atoms with Gasteiger partial charge in [-0.05, 0) is 24.7 Å². The van der Waals surface area contributed by atoms with Gasteiger partial charge in [-0.3, -0.25) is 4.79 Å². The van der Waals surface area contributed by atoms with E-state index >= 15 is 0 Å². The zero-order valence-corrected chi connectivity index (χ0v) is 12.6.